The molecule has 0 heterocycles. The first kappa shape index (κ1) is 20.4. The van der Waals surface area contributed by atoms with Gasteiger partial charge in [0, 0.05) is 12.3 Å². The van der Waals surface area contributed by atoms with Crippen LogP contribution >= 0.6 is 0 Å². The molecule has 0 unspecified atom stereocenters. The van der Waals surface area contributed by atoms with Gasteiger partial charge in [0.15, 0.2) is 5.78 Å². The molecular formula is C20H30O4. The zero-order valence-corrected chi connectivity index (χ0v) is 14.6. The molecule has 1 aliphatic rings. The van der Waals surface area contributed by atoms with E-state index in [4.69, 9.17) is 5.11 Å². The number of carbonyl (C=O) groups excluding carboxylic acids is 1. The summed E-state index contributed by atoms with van der Waals surface area (Å²) < 4.78 is 0. The van der Waals surface area contributed by atoms with E-state index in [1.165, 1.54) is 19.3 Å². The first-order valence-electron chi connectivity index (χ1n) is 8.99. The molecule has 0 spiro atoms. The van der Waals surface area contributed by atoms with Crippen LogP contribution in [0.25, 0.3) is 0 Å². The van der Waals surface area contributed by atoms with Gasteiger partial charge in [0.1, 0.15) is 0 Å². The third-order valence-electron chi connectivity index (χ3n) is 4.28. The normalized spacial score (nSPS) is 22.0. The van der Waals surface area contributed by atoms with Gasteiger partial charge in [-0.1, -0.05) is 50.1 Å². The molecular weight excluding hydrogens is 304 g/mol. The van der Waals surface area contributed by atoms with Crippen LogP contribution in [0.5, 0.6) is 0 Å². The van der Waals surface area contributed by atoms with Crippen LogP contribution in [-0.2, 0) is 9.59 Å². The van der Waals surface area contributed by atoms with E-state index in [9.17, 15) is 14.7 Å². The summed E-state index contributed by atoms with van der Waals surface area (Å²) >= 11 is 0. The summed E-state index contributed by atoms with van der Waals surface area (Å²) in [4.78, 5) is 22.5. The standard InChI is InChI=1S/C20H30O4/c1-2-3-4-5-6-7-10-17(21)13-14-18-16(12-15-19(18)22)9-8-11-20(23)24/h6-7,12-18,21H,2-5,8-11H2,1H3,(H,23,24)/b7-6-,14-13+/t16-,17+,18+/m1/s1. The van der Waals surface area contributed by atoms with E-state index in [1.807, 2.05) is 12.2 Å². The van der Waals surface area contributed by atoms with Crippen molar-refractivity contribution in [3.05, 3.63) is 36.5 Å². The van der Waals surface area contributed by atoms with Crippen molar-refractivity contribution in [3.8, 4) is 0 Å². The van der Waals surface area contributed by atoms with E-state index in [1.54, 1.807) is 18.2 Å². The molecule has 1 rings (SSSR count). The second-order valence-corrected chi connectivity index (χ2v) is 6.39. The number of rotatable bonds is 12. The number of ketones is 1. The van der Waals surface area contributed by atoms with Gasteiger partial charge < -0.3 is 10.2 Å². The van der Waals surface area contributed by atoms with Gasteiger partial charge >= 0.3 is 5.97 Å². The summed E-state index contributed by atoms with van der Waals surface area (Å²) in [5, 5.41) is 18.7. The van der Waals surface area contributed by atoms with Crippen LogP contribution in [0.3, 0.4) is 0 Å². The number of aliphatic hydroxyl groups excluding tert-OH is 1. The molecule has 0 aromatic heterocycles. The summed E-state index contributed by atoms with van der Waals surface area (Å²) in [6.07, 6.45) is 17.0. The number of unbranched alkanes of at least 4 members (excludes halogenated alkanes) is 3. The Balaban J connectivity index is 2.36. The van der Waals surface area contributed by atoms with Crippen molar-refractivity contribution in [2.75, 3.05) is 0 Å². The number of aliphatic hydroxyl groups is 1. The molecule has 0 aromatic rings. The zero-order chi connectivity index (χ0) is 17.8. The van der Waals surface area contributed by atoms with E-state index in [0.717, 1.165) is 6.42 Å². The van der Waals surface area contributed by atoms with Crippen LogP contribution in [0.1, 0.15) is 58.3 Å². The van der Waals surface area contributed by atoms with Gasteiger partial charge in [-0.3, -0.25) is 9.59 Å². The summed E-state index contributed by atoms with van der Waals surface area (Å²) in [7, 11) is 0. The van der Waals surface area contributed by atoms with Crippen LogP contribution in [-0.4, -0.2) is 28.1 Å². The number of allylic oxidation sites excluding steroid dienone is 4. The minimum Gasteiger partial charge on any atom is -0.481 e. The third kappa shape index (κ3) is 8.25. The minimum atomic E-state index is -0.809. The Labute approximate surface area is 145 Å². The van der Waals surface area contributed by atoms with Gasteiger partial charge in [-0.05, 0) is 44.1 Å². The maximum atomic E-state index is 11.9. The van der Waals surface area contributed by atoms with Crippen molar-refractivity contribution < 1.29 is 19.8 Å². The van der Waals surface area contributed by atoms with Gasteiger partial charge in [0.05, 0.1) is 6.10 Å². The Kier molecular flexibility index (Phi) is 10.0. The summed E-state index contributed by atoms with van der Waals surface area (Å²) in [5.41, 5.74) is 0. The fourth-order valence-electron chi connectivity index (χ4n) is 2.85. The van der Waals surface area contributed by atoms with E-state index in [-0.39, 0.29) is 24.0 Å². The SMILES string of the molecule is CCCCC/C=C\C[C@H](O)/C=C/[C@@H]1C(=O)C=C[C@H]1CCCC(=O)O. The molecule has 0 radical (unpaired) electrons. The predicted octanol–water partition coefficient (Wildman–Crippen LogP) is 4.06. The predicted molar refractivity (Wildman–Crippen MR) is 95.7 cm³/mol. The lowest BCUT2D eigenvalue weighted by atomic mass is 9.89. The monoisotopic (exact) mass is 334 g/mol. The number of carbonyl (C=O) groups is 2. The Bertz CT molecular complexity index is 476. The van der Waals surface area contributed by atoms with Gasteiger partial charge in [0.25, 0.3) is 0 Å². The highest BCUT2D eigenvalue weighted by Crippen LogP contribution is 2.28. The lowest BCUT2D eigenvalue weighted by Crippen LogP contribution is -2.15. The van der Waals surface area contributed by atoms with Crippen LogP contribution in [0.2, 0.25) is 0 Å². The average molecular weight is 334 g/mol. The minimum absolute atomic E-state index is 0.0360. The van der Waals surface area contributed by atoms with Gasteiger partial charge in [-0.15, -0.1) is 0 Å². The summed E-state index contributed by atoms with van der Waals surface area (Å²) in [5.74, 6) is -0.989. The molecule has 134 valence electrons. The lowest BCUT2D eigenvalue weighted by molar-refractivity contribution is -0.137. The molecule has 0 fully saturated rings. The van der Waals surface area contributed by atoms with Crippen LogP contribution in [0, 0.1) is 11.8 Å². The number of carboxylic acid groups (broad SMARTS) is 1. The van der Waals surface area contributed by atoms with Crippen molar-refractivity contribution in [3.63, 3.8) is 0 Å². The number of carboxylic acids is 1. The average Bonchev–Trinajstić information content (AvgIpc) is 2.88. The molecule has 2 N–H and O–H groups in total. The molecule has 4 heteroatoms. The van der Waals surface area contributed by atoms with E-state index < -0.39 is 12.1 Å². The maximum Gasteiger partial charge on any atom is 0.303 e. The first-order chi connectivity index (χ1) is 11.5. The fraction of sp³-hybridized carbons (Fsp3) is 0.600. The van der Waals surface area contributed by atoms with Gasteiger partial charge in [-0.2, -0.15) is 0 Å². The number of hydrogen-bond acceptors (Lipinski definition) is 3. The molecule has 24 heavy (non-hydrogen) atoms. The van der Waals surface area contributed by atoms with E-state index in [2.05, 4.69) is 13.0 Å². The molecule has 0 aliphatic heterocycles. The summed E-state index contributed by atoms with van der Waals surface area (Å²) in [6.45, 7) is 2.17. The van der Waals surface area contributed by atoms with Crippen molar-refractivity contribution in [2.45, 2.75) is 64.4 Å². The molecule has 0 saturated carbocycles. The largest absolute Gasteiger partial charge is 0.481 e. The van der Waals surface area contributed by atoms with E-state index >= 15 is 0 Å². The Morgan fingerprint density at radius 3 is 2.79 bits per heavy atom. The topological polar surface area (TPSA) is 74.6 Å². The summed E-state index contributed by atoms with van der Waals surface area (Å²) in [6, 6.07) is 0. The van der Waals surface area contributed by atoms with Crippen LogP contribution in [0.4, 0.5) is 0 Å². The van der Waals surface area contributed by atoms with E-state index in [0.29, 0.717) is 19.3 Å². The molecule has 4 nitrogen and oxygen atoms in total. The molecule has 0 amide bonds. The molecule has 0 bridgehead atoms. The van der Waals surface area contributed by atoms with Crippen LogP contribution < -0.4 is 0 Å². The molecule has 1 aliphatic carbocycles. The van der Waals surface area contributed by atoms with Gasteiger partial charge in [0.2, 0.25) is 0 Å². The fourth-order valence-corrected chi connectivity index (χ4v) is 2.85. The number of hydrogen-bond donors (Lipinski definition) is 2. The van der Waals surface area contributed by atoms with Crippen molar-refractivity contribution in [1.82, 2.24) is 0 Å². The highest BCUT2D eigenvalue weighted by atomic mass is 16.4. The molecule has 0 aromatic carbocycles. The smallest absolute Gasteiger partial charge is 0.303 e. The molecule has 0 saturated heterocycles. The quantitative estimate of drug-likeness (QED) is 0.417. The van der Waals surface area contributed by atoms with Gasteiger partial charge in [-0.25, -0.2) is 0 Å². The Morgan fingerprint density at radius 2 is 2.08 bits per heavy atom. The second kappa shape index (κ2) is 11.8. The molecule has 3 atom stereocenters. The Morgan fingerprint density at radius 1 is 1.29 bits per heavy atom. The highest BCUT2D eigenvalue weighted by molar-refractivity contribution is 5.95. The van der Waals surface area contributed by atoms with Crippen molar-refractivity contribution in [2.24, 2.45) is 11.8 Å². The van der Waals surface area contributed by atoms with Crippen molar-refractivity contribution >= 4 is 11.8 Å². The number of aliphatic carboxylic acids is 1. The van der Waals surface area contributed by atoms with Crippen LogP contribution in [0.15, 0.2) is 36.5 Å². The first-order valence-corrected chi connectivity index (χ1v) is 8.99. The maximum absolute atomic E-state index is 11.9. The second-order valence-electron chi connectivity index (χ2n) is 6.39. The highest BCUT2D eigenvalue weighted by Gasteiger charge is 2.27. The van der Waals surface area contributed by atoms with Crippen molar-refractivity contribution in [1.29, 1.82) is 0 Å². The third-order valence-corrected chi connectivity index (χ3v) is 4.28. The lowest BCUT2D eigenvalue weighted by Gasteiger charge is -2.14. The Hall–Kier alpha value is -1.68. The zero-order valence-electron chi connectivity index (χ0n) is 14.6.